The van der Waals surface area contributed by atoms with Crippen LogP contribution < -0.4 is 11.1 Å². The van der Waals surface area contributed by atoms with Crippen molar-refractivity contribution in [3.05, 3.63) is 18.1 Å². The van der Waals surface area contributed by atoms with Crippen LogP contribution in [-0.2, 0) is 6.42 Å². The van der Waals surface area contributed by atoms with Crippen molar-refractivity contribution in [2.24, 2.45) is 0 Å². The molecule has 0 radical (unpaired) electrons. The molecule has 0 aliphatic carbocycles. The van der Waals surface area contributed by atoms with Gasteiger partial charge in [-0.15, -0.1) is 0 Å². The second-order valence-electron chi connectivity index (χ2n) is 3.40. The quantitative estimate of drug-likeness (QED) is 0.686. The van der Waals surface area contributed by atoms with Crippen molar-refractivity contribution in [3.8, 4) is 0 Å². The normalized spacial score (nSPS) is 22.0. The van der Waals surface area contributed by atoms with Crippen LogP contribution in [0.5, 0.6) is 0 Å². The van der Waals surface area contributed by atoms with Crippen LogP contribution in [0.15, 0.2) is 12.3 Å². The third kappa shape index (κ3) is 2.15. The molecule has 0 spiro atoms. The van der Waals surface area contributed by atoms with Gasteiger partial charge in [-0.3, -0.25) is 0 Å². The van der Waals surface area contributed by atoms with E-state index in [0.29, 0.717) is 11.9 Å². The number of hydrogen-bond donors (Lipinski definition) is 2. The topological polar surface area (TPSA) is 63.8 Å². The molecule has 4 nitrogen and oxygen atoms in total. The average molecular weight is 178 g/mol. The Morgan fingerprint density at radius 1 is 1.62 bits per heavy atom. The maximum Gasteiger partial charge on any atom is 0.132 e. The Balaban J connectivity index is 2.00. The summed E-state index contributed by atoms with van der Waals surface area (Å²) >= 11 is 0. The predicted molar refractivity (Wildman–Crippen MR) is 51.2 cm³/mol. The fourth-order valence-corrected chi connectivity index (χ4v) is 1.66. The van der Waals surface area contributed by atoms with Crippen molar-refractivity contribution in [2.75, 3.05) is 12.3 Å². The lowest BCUT2D eigenvalue weighted by atomic mass is 10.1. The molecule has 13 heavy (non-hydrogen) atoms. The highest BCUT2D eigenvalue weighted by Gasteiger charge is 2.15. The molecule has 2 rings (SSSR count). The minimum Gasteiger partial charge on any atom is -0.384 e. The highest BCUT2D eigenvalue weighted by Crippen LogP contribution is 2.09. The lowest BCUT2D eigenvalue weighted by Gasteiger charge is -2.08. The number of rotatable bonds is 2. The second kappa shape index (κ2) is 3.70. The van der Waals surface area contributed by atoms with Crippen LogP contribution in [0, 0.1) is 0 Å². The fraction of sp³-hybridized carbons (Fsp3) is 0.556. The van der Waals surface area contributed by atoms with Crippen LogP contribution in [0.4, 0.5) is 5.82 Å². The monoisotopic (exact) mass is 178 g/mol. The van der Waals surface area contributed by atoms with E-state index in [9.17, 15) is 0 Å². The van der Waals surface area contributed by atoms with E-state index in [1.165, 1.54) is 12.8 Å². The number of anilines is 1. The lowest BCUT2D eigenvalue weighted by Crippen LogP contribution is -2.24. The summed E-state index contributed by atoms with van der Waals surface area (Å²) < 4.78 is 0. The molecule has 1 unspecified atom stereocenters. The van der Waals surface area contributed by atoms with Gasteiger partial charge in [0.25, 0.3) is 0 Å². The van der Waals surface area contributed by atoms with Crippen LogP contribution in [0.3, 0.4) is 0 Å². The number of aromatic nitrogens is 2. The molecule has 1 fully saturated rings. The SMILES string of the molecule is Nc1ccnc(CC2CCCN2)n1. The Bertz CT molecular complexity index is 281. The van der Waals surface area contributed by atoms with Crippen molar-refractivity contribution in [1.29, 1.82) is 0 Å². The van der Waals surface area contributed by atoms with E-state index in [0.717, 1.165) is 18.8 Å². The van der Waals surface area contributed by atoms with E-state index in [2.05, 4.69) is 15.3 Å². The highest BCUT2D eigenvalue weighted by molar-refractivity contribution is 5.25. The molecular formula is C9H14N4. The number of nitrogen functional groups attached to an aromatic ring is 1. The maximum atomic E-state index is 5.56. The minimum absolute atomic E-state index is 0.543. The Morgan fingerprint density at radius 2 is 2.54 bits per heavy atom. The van der Waals surface area contributed by atoms with E-state index in [4.69, 9.17) is 5.73 Å². The number of hydrogen-bond acceptors (Lipinski definition) is 4. The van der Waals surface area contributed by atoms with Crippen LogP contribution in [0.1, 0.15) is 18.7 Å². The number of nitrogens with one attached hydrogen (secondary N) is 1. The van der Waals surface area contributed by atoms with Crippen LogP contribution >= 0.6 is 0 Å². The van der Waals surface area contributed by atoms with E-state index in [1.807, 2.05) is 0 Å². The summed E-state index contributed by atoms with van der Waals surface area (Å²) in [5.74, 6) is 1.40. The molecular weight excluding hydrogens is 164 g/mol. The first-order chi connectivity index (χ1) is 6.34. The first-order valence-electron chi connectivity index (χ1n) is 4.65. The van der Waals surface area contributed by atoms with Gasteiger partial charge in [-0.1, -0.05) is 0 Å². The molecule has 4 heteroatoms. The molecule has 1 aromatic rings. The molecule has 0 amide bonds. The van der Waals surface area contributed by atoms with Gasteiger partial charge < -0.3 is 11.1 Å². The van der Waals surface area contributed by atoms with Gasteiger partial charge in [0.15, 0.2) is 0 Å². The molecule has 1 saturated heterocycles. The molecule has 1 aromatic heterocycles. The largest absolute Gasteiger partial charge is 0.384 e. The molecule has 0 bridgehead atoms. The first kappa shape index (κ1) is 8.44. The summed E-state index contributed by atoms with van der Waals surface area (Å²) in [6.45, 7) is 1.12. The number of nitrogens with two attached hydrogens (primary N) is 1. The lowest BCUT2D eigenvalue weighted by molar-refractivity contribution is 0.586. The molecule has 70 valence electrons. The first-order valence-corrected chi connectivity index (χ1v) is 4.65. The zero-order valence-corrected chi connectivity index (χ0v) is 7.53. The summed E-state index contributed by atoms with van der Waals surface area (Å²) in [7, 11) is 0. The summed E-state index contributed by atoms with van der Waals surface area (Å²) in [5, 5.41) is 3.40. The van der Waals surface area contributed by atoms with Gasteiger partial charge in [-0.2, -0.15) is 0 Å². The third-order valence-corrected chi connectivity index (χ3v) is 2.32. The van der Waals surface area contributed by atoms with Gasteiger partial charge in [0.2, 0.25) is 0 Å². The van der Waals surface area contributed by atoms with Crippen molar-refractivity contribution < 1.29 is 0 Å². The molecule has 1 aliphatic heterocycles. The average Bonchev–Trinajstić information content (AvgIpc) is 2.57. The Morgan fingerprint density at radius 3 is 3.23 bits per heavy atom. The summed E-state index contributed by atoms with van der Waals surface area (Å²) in [6, 6.07) is 2.26. The van der Waals surface area contributed by atoms with E-state index < -0.39 is 0 Å². The Kier molecular flexibility index (Phi) is 2.40. The van der Waals surface area contributed by atoms with Gasteiger partial charge in [0.05, 0.1) is 0 Å². The van der Waals surface area contributed by atoms with Crippen LogP contribution in [0.2, 0.25) is 0 Å². The van der Waals surface area contributed by atoms with Gasteiger partial charge in [0.1, 0.15) is 11.6 Å². The van der Waals surface area contributed by atoms with Crippen molar-refractivity contribution in [2.45, 2.75) is 25.3 Å². The molecule has 0 aromatic carbocycles. The molecule has 3 N–H and O–H groups in total. The number of nitrogens with zero attached hydrogens (tertiary/aromatic N) is 2. The zero-order valence-electron chi connectivity index (χ0n) is 7.53. The van der Waals surface area contributed by atoms with Crippen LogP contribution in [0.25, 0.3) is 0 Å². The van der Waals surface area contributed by atoms with Crippen molar-refractivity contribution in [1.82, 2.24) is 15.3 Å². The Hall–Kier alpha value is -1.16. The third-order valence-electron chi connectivity index (χ3n) is 2.32. The summed E-state index contributed by atoms with van der Waals surface area (Å²) in [6.07, 6.45) is 5.09. The summed E-state index contributed by atoms with van der Waals surface area (Å²) in [5.41, 5.74) is 5.56. The maximum absolute atomic E-state index is 5.56. The van der Waals surface area contributed by atoms with Gasteiger partial charge >= 0.3 is 0 Å². The van der Waals surface area contributed by atoms with E-state index in [-0.39, 0.29) is 0 Å². The Labute approximate surface area is 77.6 Å². The molecule has 0 saturated carbocycles. The smallest absolute Gasteiger partial charge is 0.132 e. The molecule has 1 aliphatic rings. The van der Waals surface area contributed by atoms with Gasteiger partial charge in [0, 0.05) is 18.7 Å². The highest BCUT2D eigenvalue weighted by atomic mass is 15.0. The molecule has 1 atom stereocenters. The zero-order chi connectivity index (χ0) is 9.10. The van der Waals surface area contributed by atoms with Gasteiger partial charge in [-0.25, -0.2) is 9.97 Å². The van der Waals surface area contributed by atoms with E-state index in [1.54, 1.807) is 12.3 Å². The minimum atomic E-state index is 0.543. The summed E-state index contributed by atoms with van der Waals surface area (Å²) in [4.78, 5) is 8.34. The molecule has 2 heterocycles. The van der Waals surface area contributed by atoms with Crippen molar-refractivity contribution >= 4 is 5.82 Å². The van der Waals surface area contributed by atoms with Crippen molar-refractivity contribution in [3.63, 3.8) is 0 Å². The predicted octanol–water partition coefficient (Wildman–Crippen LogP) is 0.353. The second-order valence-corrected chi connectivity index (χ2v) is 3.40. The van der Waals surface area contributed by atoms with Crippen LogP contribution in [-0.4, -0.2) is 22.6 Å². The fourth-order valence-electron chi connectivity index (χ4n) is 1.66. The van der Waals surface area contributed by atoms with Gasteiger partial charge in [-0.05, 0) is 25.5 Å². The standard InChI is InChI=1S/C9H14N4/c10-8-3-5-12-9(13-8)6-7-2-1-4-11-7/h3,5,7,11H,1-2,4,6H2,(H2,10,12,13). The van der Waals surface area contributed by atoms with E-state index >= 15 is 0 Å².